The number of halogens is 1. The van der Waals surface area contributed by atoms with Crippen molar-refractivity contribution in [2.75, 3.05) is 25.1 Å². The van der Waals surface area contributed by atoms with E-state index < -0.39 is 0 Å². The fourth-order valence-corrected chi connectivity index (χ4v) is 1.75. The third-order valence-electron chi connectivity index (χ3n) is 1.54. The van der Waals surface area contributed by atoms with E-state index in [1.165, 1.54) is 11.3 Å². The molecule has 0 radical (unpaired) electrons. The van der Waals surface area contributed by atoms with Gasteiger partial charge < -0.3 is 10.1 Å². The number of hydrogen-bond acceptors (Lipinski definition) is 3. The highest BCUT2D eigenvalue weighted by Gasteiger charge is 2.03. The maximum absolute atomic E-state index is 11.4. The molecular formula is C9H12BrNO2S. The monoisotopic (exact) mass is 277 g/mol. The number of thiophene rings is 1. The number of nitrogens with one attached hydrogen (secondary N) is 1. The summed E-state index contributed by atoms with van der Waals surface area (Å²) in [5, 5.41) is 7.31. The Balaban J connectivity index is 2.10. The van der Waals surface area contributed by atoms with E-state index in [9.17, 15) is 4.79 Å². The number of hydrogen-bond donors (Lipinski definition) is 1. The quantitative estimate of drug-likeness (QED) is 0.637. The zero-order chi connectivity index (χ0) is 10.2. The first-order valence-electron chi connectivity index (χ1n) is 4.28. The van der Waals surface area contributed by atoms with Crippen LogP contribution >= 0.6 is 27.3 Å². The first kappa shape index (κ1) is 11.7. The van der Waals surface area contributed by atoms with Gasteiger partial charge >= 0.3 is 0 Å². The minimum atomic E-state index is -0.0336. The van der Waals surface area contributed by atoms with E-state index in [0.717, 1.165) is 10.9 Å². The second-order valence-corrected chi connectivity index (χ2v) is 4.14. The fraction of sp³-hybridized carbons (Fsp3) is 0.444. The van der Waals surface area contributed by atoms with Gasteiger partial charge in [0.15, 0.2) is 0 Å². The van der Waals surface area contributed by atoms with Crippen LogP contribution in [0.25, 0.3) is 0 Å². The molecule has 0 saturated carbocycles. The predicted molar refractivity (Wildman–Crippen MR) is 61.3 cm³/mol. The number of ether oxygens (including phenoxy) is 1. The normalized spacial score (nSPS) is 10.1. The highest BCUT2D eigenvalue weighted by Crippen LogP contribution is 2.04. The van der Waals surface area contributed by atoms with Gasteiger partial charge in [0.25, 0.3) is 5.91 Å². The van der Waals surface area contributed by atoms with E-state index >= 15 is 0 Å². The lowest BCUT2D eigenvalue weighted by molar-refractivity contribution is 0.0924. The smallest absolute Gasteiger partial charge is 0.252 e. The minimum absolute atomic E-state index is 0.0336. The Morgan fingerprint density at radius 1 is 1.57 bits per heavy atom. The molecular weight excluding hydrogens is 266 g/mol. The van der Waals surface area contributed by atoms with Crippen molar-refractivity contribution in [1.82, 2.24) is 5.32 Å². The van der Waals surface area contributed by atoms with E-state index in [2.05, 4.69) is 21.2 Å². The minimum Gasteiger partial charge on any atom is -0.379 e. The van der Waals surface area contributed by atoms with Crippen LogP contribution in [0.1, 0.15) is 10.4 Å². The van der Waals surface area contributed by atoms with Crippen LogP contribution in [-0.2, 0) is 4.74 Å². The maximum Gasteiger partial charge on any atom is 0.252 e. The molecule has 0 aliphatic carbocycles. The summed E-state index contributed by atoms with van der Waals surface area (Å²) in [7, 11) is 0. The van der Waals surface area contributed by atoms with Crippen LogP contribution in [0.15, 0.2) is 16.8 Å². The summed E-state index contributed by atoms with van der Waals surface area (Å²) in [6.45, 7) is 1.79. The molecule has 1 aromatic rings. The Kier molecular flexibility index (Phi) is 5.82. The zero-order valence-electron chi connectivity index (χ0n) is 7.66. The third-order valence-corrected chi connectivity index (χ3v) is 2.54. The summed E-state index contributed by atoms with van der Waals surface area (Å²) >= 11 is 4.77. The van der Waals surface area contributed by atoms with Gasteiger partial charge in [0.1, 0.15) is 0 Å². The topological polar surface area (TPSA) is 38.3 Å². The molecule has 0 unspecified atom stereocenters. The first-order chi connectivity index (χ1) is 6.84. The summed E-state index contributed by atoms with van der Waals surface area (Å²) in [4.78, 5) is 11.4. The summed E-state index contributed by atoms with van der Waals surface area (Å²) in [5.41, 5.74) is 0.718. The van der Waals surface area contributed by atoms with Gasteiger partial charge in [-0.2, -0.15) is 11.3 Å². The van der Waals surface area contributed by atoms with Gasteiger partial charge in [0, 0.05) is 22.8 Å². The van der Waals surface area contributed by atoms with Crippen molar-refractivity contribution in [1.29, 1.82) is 0 Å². The zero-order valence-corrected chi connectivity index (χ0v) is 10.1. The fourth-order valence-electron chi connectivity index (χ4n) is 0.889. The van der Waals surface area contributed by atoms with Gasteiger partial charge in [0.2, 0.25) is 0 Å². The van der Waals surface area contributed by atoms with Gasteiger partial charge in [-0.3, -0.25) is 4.79 Å². The van der Waals surface area contributed by atoms with Crippen molar-refractivity contribution in [3.8, 4) is 0 Å². The highest BCUT2D eigenvalue weighted by molar-refractivity contribution is 9.09. The molecule has 1 aromatic heterocycles. The molecule has 3 nitrogen and oxygen atoms in total. The van der Waals surface area contributed by atoms with Crippen LogP contribution in [0.3, 0.4) is 0 Å². The maximum atomic E-state index is 11.4. The second kappa shape index (κ2) is 6.98. The van der Waals surface area contributed by atoms with E-state index in [1.807, 2.05) is 10.8 Å². The number of carbonyl (C=O) groups excluding carboxylic acids is 1. The summed E-state index contributed by atoms with van der Waals surface area (Å²) in [6.07, 6.45) is 0. The molecule has 14 heavy (non-hydrogen) atoms. The van der Waals surface area contributed by atoms with Crippen molar-refractivity contribution in [2.24, 2.45) is 0 Å². The molecule has 1 N–H and O–H groups in total. The van der Waals surface area contributed by atoms with Crippen molar-refractivity contribution < 1.29 is 9.53 Å². The van der Waals surface area contributed by atoms with Crippen molar-refractivity contribution in [3.05, 3.63) is 22.4 Å². The molecule has 0 bridgehead atoms. The van der Waals surface area contributed by atoms with Crippen molar-refractivity contribution >= 4 is 33.2 Å². The highest BCUT2D eigenvalue weighted by atomic mass is 79.9. The van der Waals surface area contributed by atoms with Crippen molar-refractivity contribution in [2.45, 2.75) is 0 Å². The van der Waals surface area contributed by atoms with Gasteiger partial charge in [-0.1, -0.05) is 15.9 Å². The van der Waals surface area contributed by atoms with Crippen LogP contribution in [0.4, 0.5) is 0 Å². The number of rotatable bonds is 6. The number of alkyl halides is 1. The number of amides is 1. The van der Waals surface area contributed by atoms with Gasteiger partial charge in [-0.15, -0.1) is 0 Å². The standard InChI is InChI=1S/C9H12BrNO2S/c10-2-4-13-5-3-11-9(12)8-1-6-14-7-8/h1,6-7H,2-5H2,(H,11,12). The Labute approximate surface area is 95.6 Å². The van der Waals surface area contributed by atoms with Crippen molar-refractivity contribution in [3.63, 3.8) is 0 Å². The summed E-state index contributed by atoms with van der Waals surface area (Å²) in [5.74, 6) is -0.0336. The molecule has 0 fully saturated rings. The van der Waals surface area contributed by atoms with Gasteiger partial charge in [0.05, 0.1) is 13.2 Å². The van der Waals surface area contributed by atoms with Crippen LogP contribution in [-0.4, -0.2) is 31.0 Å². The van der Waals surface area contributed by atoms with E-state index in [4.69, 9.17) is 4.74 Å². The molecule has 0 atom stereocenters. The Hall–Kier alpha value is -0.390. The molecule has 0 saturated heterocycles. The lowest BCUT2D eigenvalue weighted by Gasteiger charge is -2.03. The molecule has 1 heterocycles. The molecule has 0 aliphatic heterocycles. The van der Waals surface area contributed by atoms with Crippen LogP contribution in [0, 0.1) is 0 Å². The molecule has 0 aliphatic rings. The molecule has 0 aromatic carbocycles. The lowest BCUT2D eigenvalue weighted by Crippen LogP contribution is -2.27. The third kappa shape index (κ3) is 4.21. The molecule has 1 amide bonds. The largest absolute Gasteiger partial charge is 0.379 e. The van der Waals surface area contributed by atoms with E-state index in [1.54, 1.807) is 6.07 Å². The Morgan fingerprint density at radius 2 is 2.43 bits per heavy atom. The second-order valence-electron chi connectivity index (χ2n) is 2.57. The average molecular weight is 278 g/mol. The average Bonchev–Trinajstić information content (AvgIpc) is 2.70. The summed E-state index contributed by atoms with van der Waals surface area (Å²) in [6, 6.07) is 1.80. The van der Waals surface area contributed by atoms with Gasteiger partial charge in [-0.25, -0.2) is 0 Å². The number of carbonyl (C=O) groups is 1. The SMILES string of the molecule is O=C(NCCOCCBr)c1ccsc1. The van der Waals surface area contributed by atoms with E-state index in [-0.39, 0.29) is 5.91 Å². The predicted octanol–water partition coefficient (Wildman–Crippen LogP) is 1.89. The summed E-state index contributed by atoms with van der Waals surface area (Å²) < 4.78 is 5.19. The molecule has 5 heteroatoms. The Morgan fingerprint density at radius 3 is 3.07 bits per heavy atom. The first-order valence-corrected chi connectivity index (χ1v) is 6.35. The van der Waals surface area contributed by atoms with E-state index in [0.29, 0.717) is 19.8 Å². The van der Waals surface area contributed by atoms with Crippen LogP contribution in [0.5, 0.6) is 0 Å². The van der Waals surface area contributed by atoms with Gasteiger partial charge in [-0.05, 0) is 11.4 Å². The lowest BCUT2D eigenvalue weighted by atomic mass is 10.3. The van der Waals surface area contributed by atoms with Crippen LogP contribution in [0.2, 0.25) is 0 Å². The Bertz CT molecular complexity index is 264. The molecule has 78 valence electrons. The molecule has 1 rings (SSSR count). The molecule has 0 spiro atoms. The van der Waals surface area contributed by atoms with Crippen LogP contribution < -0.4 is 5.32 Å².